The SMILES string of the molecule is NCCc1cccc(C(F)C2CCOC2)c1. The van der Waals surface area contributed by atoms with E-state index in [-0.39, 0.29) is 5.92 Å². The molecule has 0 radical (unpaired) electrons. The van der Waals surface area contributed by atoms with Crippen LogP contribution in [0, 0.1) is 5.92 Å². The van der Waals surface area contributed by atoms with E-state index in [1.54, 1.807) is 0 Å². The lowest BCUT2D eigenvalue weighted by Gasteiger charge is -2.15. The second-order valence-corrected chi connectivity index (χ2v) is 4.31. The Bertz CT molecular complexity index is 336. The van der Waals surface area contributed by atoms with Gasteiger partial charge in [-0.15, -0.1) is 0 Å². The van der Waals surface area contributed by atoms with Crippen molar-refractivity contribution in [3.05, 3.63) is 35.4 Å². The van der Waals surface area contributed by atoms with Gasteiger partial charge in [-0.3, -0.25) is 0 Å². The molecule has 1 aliphatic heterocycles. The summed E-state index contributed by atoms with van der Waals surface area (Å²) in [5.41, 5.74) is 7.37. The van der Waals surface area contributed by atoms with Gasteiger partial charge >= 0.3 is 0 Å². The largest absolute Gasteiger partial charge is 0.381 e. The molecular weight excluding hydrogens is 205 g/mol. The third-order valence-electron chi connectivity index (χ3n) is 3.08. The van der Waals surface area contributed by atoms with Crippen molar-refractivity contribution in [3.63, 3.8) is 0 Å². The number of alkyl halides is 1. The lowest BCUT2D eigenvalue weighted by atomic mass is 9.95. The second-order valence-electron chi connectivity index (χ2n) is 4.31. The summed E-state index contributed by atoms with van der Waals surface area (Å²) >= 11 is 0. The van der Waals surface area contributed by atoms with Crippen molar-refractivity contribution in [2.45, 2.75) is 19.0 Å². The molecule has 0 bridgehead atoms. The smallest absolute Gasteiger partial charge is 0.130 e. The highest BCUT2D eigenvalue weighted by Gasteiger charge is 2.26. The zero-order chi connectivity index (χ0) is 11.4. The Kier molecular flexibility index (Phi) is 3.91. The Labute approximate surface area is 95.6 Å². The first-order valence-corrected chi connectivity index (χ1v) is 5.82. The van der Waals surface area contributed by atoms with Gasteiger partial charge in [0.05, 0.1) is 6.61 Å². The van der Waals surface area contributed by atoms with Crippen molar-refractivity contribution in [2.24, 2.45) is 11.7 Å². The van der Waals surface area contributed by atoms with Gasteiger partial charge in [-0.25, -0.2) is 4.39 Å². The van der Waals surface area contributed by atoms with Crippen molar-refractivity contribution in [2.75, 3.05) is 19.8 Å². The molecule has 2 nitrogen and oxygen atoms in total. The highest BCUT2D eigenvalue weighted by Crippen LogP contribution is 2.32. The Morgan fingerprint density at radius 2 is 2.38 bits per heavy atom. The summed E-state index contributed by atoms with van der Waals surface area (Å²) in [6.45, 7) is 1.84. The molecule has 1 saturated heterocycles. The van der Waals surface area contributed by atoms with Crippen LogP contribution in [-0.2, 0) is 11.2 Å². The molecule has 2 unspecified atom stereocenters. The predicted molar refractivity (Wildman–Crippen MR) is 62.0 cm³/mol. The van der Waals surface area contributed by atoms with Crippen molar-refractivity contribution >= 4 is 0 Å². The van der Waals surface area contributed by atoms with Crippen LogP contribution in [0.25, 0.3) is 0 Å². The fourth-order valence-corrected chi connectivity index (χ4v) is 2.14. The van der Waals surface area contributed by atoms with Crippen LogP contribution in [0.4, 0.5) is 4.39 Å². The van der Waals surface area contributed by atoms with E-state index in [2.05, 4.69) is 0 Å². The Hall–Kier alpha value is -0.930. The predicted octanol–water partition coefficient (Wildman–Crippen LogP) is 2.23. The summed E-state index contributed by atoms with van der Waals surface area (Å²) in [6.07, 6.45) is 0.726. The normalized spacial score (nSPS) is 22.2. The van der Waals surface area contributed by atoms with Crippen LogP contribution >= 0.6 is 0 Å². The lowest BCUT2D eigenvalue weighted by molar-refractivity contribution is 0.155. The summed E-state index contributed by atoms with van der Waals surface area (Å²) in [6, 6.07) is 7.68. The summed E-state index contributed by atoms with van der Waals surface area (Å²) < 4.78 is 19.4. The van der Waals surface area contributed by atoms with Gasteiger partial charge in [0.1, 0.15) is 6.17 Å². The van der Waals surface area contributed by atoms with Gasteiger partial charge in [-0.2, -0.15) is 0 Å². The van der Waals surface area contributed by atoms with Crippen molar-refractivity contribution in [3.8, 4) is 0 Å². The Balaban J connectivity index is 2.09. The van der Waals surface area contributed by atoms with Crippen LogP contribution in [0.5, 0.6) is 0 Å². The second kappa shape index (κ2) is 5.41. The molecule has 1 aromatic rings. The molecule has 88 valence electrons. The average molecular weight is 223 g/mol. The number of hydrogen-bond acceptors (Lipinski definition) is 2. The van der Waals surface area contributed by atoms with Crippen molar-refractivity contribution < 1.29 is 9.13 Å². The van der Waals surface area contributed by atoms with Gasteiger partial charge < -0.3 is 10.5 Å². The van der Waals surface area contributed by atoms with Gasteiger partial charge in [-0.1, -0.05) is 24.3 Å². The topological polar surface area (TPSA) is 35.2 Å². The third-order valence-corrected chi connectivity index (χ3v) is 3.08. The minimum Gasteiger partial charge on any atom is -0.381 e. The fourth-order valence-electron chi connectivity index (χ4n) is 2.14. The van der Waals surface area contributed by atoms with E-state index >= 15 is 0 Å². The van der Waals surface area contributed by atoms with E-state index in [1.807, 2.05) is 24.3 Å². The maximum atomic E-state index is 14.1. The molecule has 0 aromatic heterocycles. The zero-order valence-corrected chi connectivity index (χ0v) is 9.36. The summed E-state index contributed by atoms with van der Waals surface area (Å²) in [7, 11) is 0. The van der Waals surface area contributed by atoms with E-state index in [0.29, 0.717) is 19.8 Å². The highest BCUT2D eigenvalue weighted by molar-refractivity contribution is 5.26. The molecule has 0 aliphatic carbocycles. The van der Waals surface area contributed by atoms with E-state index in [9.17, 15) is 4.39 Å². The van der Waals surface area contributed by atoms with Gasteiger partial charge in [0.2, 0.25) is 0 Å². The molecule has 1 aliphatic rings. The van der Waals surface area contributed by atoms with Crippen LogP contribution in [-0.4, -0.2) is 19.8 Å². The molecule has 2 N–H and O–H groups in total. The average Bonchev–Trinajstić information content (AvgIpc) is 2.82. The van der Waals surface area contributed by atoms with Crippen molar-refractivity contribution in [1.29, 1.82) is 0 Å². The quantitative estimate of drug-likeness (QED) is 0.849. The molecule has 2 rings (SSSR count). The molecule has 16 heavy (non-hydrogen) atoms. The highest BCUT2D eigenvalue weighted by atomic mass is 19.1. The third kappa shape index (κ3) is 2.60. The van der Waals surface area contributed by atoms with Crippen molar-refractivity contribution in [1.82, 2.24) is 0 Å². The Morgan fingerprint density at radius 1 is 1.50 bits per heavy atom. The molecule has 0 saturated carbocycles. The van der Waals surface area contributed by atoms with E-state index in [1.165, 1.54) is 0 Å². The van der Waals surface area contributed by atoms with Crippen LogP contribution in [0.15, 0.2) is 24.3 Å². The number of halogens is 1. The molecule has 1 aromatic carbocycles. The van der Waals surface area contributed by atoms with Gasteiger partial charge in [0, 0.05) is 12.5 Å². The maximum Gasteiger partial charge on any atom is 0.130 e. The monoisotopic (exact) mass is 223 g/mol. The number of benzene rings is 1. The summed E-state index contributed by atoms with van der Waals surface area (Å²) in [5.74, 6) is 0.0214. The first-order valence-electron chi connectivity index (χ1n) is 5.82. The molecule has 1 heterocycles. The molecule has 3 heteroatoms. The first kappa shape index (κ1) is 11.6. The fraction of sp³-hybridized carbons (Fsp3) is 0.538. The van der Waals surface area contributed by atoms with Crippen LogP contribution in [0.1, 0.15) is 23.7 Å². The van der Waals surface area contributed by atoms with Crippen LogP contribution in [0.3, 0.4) is 0 Å². The molecule has 2 atom stereocenters. The van der Waals surface area contributed by atoms with Crippen LogP contribution in [0.2, 0.25) is 0 Å². The van der Waals surface area contributed by atoms with Crippen LogP contribution < -0.4 is 5.73 Å². The van der Waals surface area contributed by atoms with Gasteiger partial charge in [-0.05, 0) is 30.5 Å². The number of ether oxygens (including phenoxy) is 1. The molecule has 0 amide bonds. The molecule has 1 fully saturated rings. The zero-order valence-electron chi connectivity index (χ0n) is 9.36. The van der Waals surface area contributed by atoms with E-state index in [0.717, 1.165) is 24.0 Å². The van der Waals surface area contributed by atoms with E-state index < -0.39 is 6.17 Å². The number of nitrogens with two attached hydrogens (primary N) is 1. The standard InChI is InChI=1S/C13H18FNO/c14-13(12-5-7-16-9-12)11-3-1-2-10(8-11)4-6-15/h1-3,8,12-13H,4-7,9,15H2. The Morgan fingerprint density at radius 3 is 3.06 bits per heavy atom. The summed E-state index contributed by atoms with van der Waals surface area (Å²) in [4.78, 5) is 0. The van der Waals surface area contributed by atoms with Gasteiger partial charge in [0.15, 0.2) is 0 Å². The number of hydrogen-bond donors (Lipinski definition) is 1. The molecule has 0 spiro atoms. The van der Waals surface area contributed by atoms with E-state index in [4.69, 9.17) is 10.5 Å². The number of rotatable bonds is 4. The summed E-state index contributed by atoms with van der Waals surface area (Å²) in [5, 5.41) is 0. The van der Waals surface area contributed by atoms with Gasteiger partial charge in [0.25, 0.3) is 0 Å². The minimum atomic E-state index is -0.903. The molecular formula is C13H18FNO. The minimum absolute atomic E-state index is 0.0214. The first-order chi connectivity index (χ1) is 7.81. The lowest BCUT2D eigenvalue weighted by Crippen LogP contribution is -2.09. The maximum absolute atomic E-state index is 14.1.